The largest absolute Gasteiger partial charge is 0.396 e. The number of fused-ring (bicyclic) bond motifs is 1. The van der Waals surface area contributed by atoms with Crippen LogP contribution in [-0.4, -0.2) is 41.8 Å². The van der Waals surface area contributed by atoms with Crippen LogP contribution in [0, 0.1) is 0 Å². The quantitative estimate of drug-likeness (QED) is 0.852. The van der Waals surface area contributed by atoms with Crippen molar-refractivity contribution in [2.45, 2.75) is 44.2 Å². The van der Waals surface area contributed by atoms with Gasteiger partial charge in [-0.3, -0.25) is 4.90 Å². The number of anilines is 1. The third-order valence-electron chi connectivity index (χ3n) is 4.51. The monoisotopic (exact) mass is 260 g/mol. The van der Waals surface area contributed by atoms with Crippen molar-refractivity contribution < 1.29 is 5.11 Å². The molecule has 0 radical (unpaired) electrons. The number of hydrogen-bond donors (Lipinski definition) is 2. The molecule has 2 fully saturated rings. The van der Waals surface area contributed by atoms with E-state index < -0.39 is 0 Å². The van der Waals surface area contributed by atoms with Crippen molar-refractivity contribution in [1.82, 2.24) is 4.90 Å². The lowest BCUT2D eigenvalue weighted by Gasteiger charge is -2.22. The van der Waals surface area contributed by atoms with E-state index >= 15 is 0 Å². The lowest BCUT2D eigenvalue weighted by atomic mass is 10.1. The molecule has 2 unspecified atom stereocenters. The second-order valence-electron chi connectivity index (χ2n) is 5.81. The van der Waals surface area contributed by atoms with Gasteiger partial charge in [-0.25, -0.2) is 0 Å². The van der Waals surface area contributed by atoms with Crippen LogP contribution in [0.15, 0.2) is 24.3 Å². The molecule has 0 aromatic heterocycles. The number of nitrogens with one attached hydrogen (secondary N) is 1. The Hall–Kier alpha value is -1.06. The van der Waals surface area contributed by atoms with Crippen LogP contribution >= 0.6 is 0 Å². The topological polar surface area (TPSA) is 35.5 Å². The minimum absolute atomic E-state index is 0.275. The van der Waals surface area contributed by atoms with Crippen LogP contribution in [0.4, 0.5) is 5.69 Å². The van der Waals surface area contributed by atoms with E-state index in [0.717, 1.165) is 18.9 Å². The number of rotatable bonds is 5. The Balaban J connectivity index is 1.63. The lowest BCUT2D eigenvalue weighted by Crippen LogP contribution is -2.33. The average molecular weight is 260 g/mol. The summed E-state index contributed by atoms with van der Waals surface area (Å²) in [5, 5.41) is 12.6. The molecule has 0 bridgehead atoms. The van der Waals surface area contributed by atoms with Gasteiger partial charge >= 0.3 is 0 Å². The van der Waals surface area contributed by atoms with Crippen molar-refractivity contribution in [2.24, 2.45) is 0 Å². The highest BCUT2D eigenvalue weighted by atomic mass is 16.2. The Morgan fingerprint density at radius 2 is 2.21 bits per heavy atom. The maximum atomic E-state index is 8.91. The molecule has 2 heterocycles. The summed E-state index contributed by atoms with van der Waals surface area (Å²) >= 11 is 0. The van der Waals surface area contributed by atoms with Gasteiger partial charge in [-0.15, -0.1) is 0 Å². The van der Waals surface area contributed by atoms with E-state index in [1.54, 1.807) is 0 Å². The molecule has 3 rings (SSSR count). The Bertz CT molecular complexity index is 421. The van der Waals surface area contributed by atoms with Gasteiger partial charge in [-0.1, -0.05) is 12.1 Å². The third kappa shape index (κ3) is 2.93. The number of aryl methyl sites for hydroxylation is 1. The molecule has 2 aliphatic heterocycles. The zero-order chi connectivity index (χ0) is 13.1. The van der Waals surface area contributed by atoms with Crippen molar-refractivity contribution in [3.8, 4) is 0 Å². The van der Waals surface area contributed by atoms with Crippen molar-refractivity contribution >= 4 is 5.69 Å². The van der Waals surface area contributed by atoms with Crippen molar-refractivity contribution in [3.05, 3.63) is 29.8 Å². The zero-order valence-corrected chi connectivity index (χ0v) is 11.5. The first-order valence-corrected chi connectivity index (χ1v) is 7.57. The highest BCUT2D eigenvalue weighted by Crippen LogP contribution is 2.30. The second kappa shape index (κ2) is 5.93. The van der Waals surface area contributed by atoms with Crippen LogP contribution in [0.3, 0.4) is 0 Å². The number of nitrogens with zero attached hydrogens (tertiary/aromatic N) is 1. The van der Waals surface area contributed by atoms with Gasteiger partial charge in [-0.2, -0.15) is 0 Å². The van der Waals surface area contributed by atoms with Crippen LogP contribution in [0.1, 0.15) is 31.2 Å². The molecule has 2 atom stereocenters. The molecule has 2 saturated heterocycles. The van der Waals surface area contributed by atoms with Crippen LogP contribution in [0.5, 0.6) is 0 Å². The van der Waals surface area contributed by atoms with Gasteiger partial charge in [0.05, 0.1) is 0 Å². The Kier molecular flexibility index (Phi) is 4.04. The van der Waals surface area contributed by atoms with Gasteiger partial charge in [0, 0.05) is 30.9 Å². The maximum absolute atomic E-state index is 8.91. The summed E-state index contributed by atoms with van der Waals surface area (Å²) in [6, 6.07) is 10.1. The maximum Gasteiger partial charge on any atom is 0.0434 e. The standard InChI is InChI=1S/C16H24N2O/c19-11-3-5-13-4-1-6-14(12-13)17-15-8-10-18-9-2-7-16(15)18/h1,4,6,12,15-17,19H,2-3,5,7-11H2. The average Bonchev–Trinajstić information content (AvgIpc) is 3.02. The molecule has 1 aromatic rings. The van der Waals surface area contributed by atoms with Gasteiger partial charge in [0.2, 0.25) is 0 Å². The molecule has 0 aliphatic carbocycles. The Morgan fingerprint density at radius 1 is 1.26 bits per heavy atom. The number of aliphatic hydroxyl groups excluding tert-OH is 1. The normalized spacial score (nSPS) is 26.6. The fourth-order valence-electron chi connectivity index (χ4n) is 3.56. The smallest absolute Gasteiger partial charge is 0.0434 e. The summed E-state index contributed by atoms with van der Waals surface area (Å²) in [6.45, 7) is 2.82. The second-order valence-corrected chi connectivity index (χ2v) is 5.81. The summed E-state index contributed by atoms with van der Waals surface area (Å²) < 4.78 is 0. The molecule has 2 N–H and O–H groups in total. The van der Waals surface area contributed by atoms with Crippen LogP contribution in [0.25, 0.3) is 0 Å². The molecule has 1 aromatic carbocycles. The van der Waals surface area contributed by atoms with E-state index in [0.29, 0.717) is 6.04 Å². The predicted molar refractivity (Wildman–Crippen MR) is 78.5 cm³/mol. The van der Waals surface area contributed by atoms with E-state index in [4.69, 9.17) is 5.11 Å². The lowest BCUT2D eigenvalue weighted by molar-refractivity contribution is 0.288. The predicted octanol–water partition coefficient (Wildman–Crippen LogP) is 2.26. The van der Waals surface area contributed by atoms with Gasteiger partial charge < -0.3 is 10.4 Å². The van der Waals surface area contributed by atoms with Crippen LogP contribution < -0.4 is 5.32 Å². The van der Waals surface area contributed by atoms with Crippen LogP contribution in [-0.2, 0) is 6.42 Å². The third-order valence-corrected chi connectivity index (χ3v) is 4.51. The fraction of sp³-hybridized carbons (Fsp3) is 0.625. The molecular weight excluding hydrogens is 236 g/mol. The van der Waals surface area contributed by atoms with E-state index in [1.807, 2.05) is 0 Å². The molecule has 3 nitrogen and oxygen atoms in total. The van der Waals surface area contributed by atoms with Gasteiger partial charge in [0.1, 0.15) is 0 Å². The molecule has 0 amide bonds. The molecule has 0 saturated carbocycles. The fourth-order valence-corrected chi connectivity index (χ4v) is 3.56. The number of hydrogen-bond acceptors (Lipinski definition) is 3. The summed E-state index contributed by atoms with van der Waals surface area (Å²) in [6.07, 6.45) is 5.79. The minimum Gasteiger partial charge on any atom is -0.396 e. The molecule has 2 aliphatic rings. The molecule has 19 heavy (non-hydrogen) atoms. The van der Waals surface area contributed by atoms with E-state index in [2.05, 4.69) is 34.5 Å². The van der Waals surface area contributed by atoms with Crippen molar-refractivity contribution in [1.29, 1.82) is 0 Å². The SMILES string of the molecule is OCCCc1cccc(NC2CCN3CCCC23)c1. The van der Waals surface area contributed by atoms with Gasteiger partial charge in [-0.05, 0) is 56.3 Å². The number of aliphatic hydroxyl groups is 1. The minimum atomic E-state index is 0.275. The Morgan fingerprint density at radius 3 is 3.11 bits per heavy atom. The van der Waals surface area contributed by atoms with Gasteiger partial charge in [0.15, 0.2) is 0 Å². The summed E-state index contributed by atoms with van der Waals surface area (Å²) in [4.78, 5) is 2.63. The molecule has 3 heteroatoms. The van der Waals surface area contributed by atoms with Crippen LogP contribution in [0.2, 0.25) is 0 Å². The first kappa shape index (κ1) is 12.9. The summed E-state index contributed by atoms with van der Waals surface area (Å²) in [5.74, 6) is 0. The van der Waals surface area contributed by atoms with E-state index in [1.165, 1.54) is 43.6 Å². The molecule has 104 valence electrons. The van der Waals surface area contributed by atoms with Crippen molar-refractivity contribution in [3.63, 3.8) is 0 Å². The number of benzene rings is 1. The highest BCUT2D eigenvalue weighted by Gasteiger charge is 2.36. The van der Waals surface area contributed by atoms with E-state index in [-0.39, 0.29) is 6.61 Å². The van der Waals surface area contributed by atoms with E-state index in [9.17, 15) is 0 Å². The first-order valence-electron chi connectivity index (χ1n) is 7.57. The summed E-state index contributed by atoms with van der Waals surface area (Å²) in [5.41, 5.74) is 2.56. The Labute approximate surface area is 115 Å². The molecular formula is C16H24N2O. The zero-order valence-electron chi connectivity index (χ0n) is 11.5. The van der Waals surface area contributed by atoms with Gasteiger partial charge in [0.25, 0.3) is 0 Å². The summed E-state index contributed by atoms with van der Waals surface area (Å²) in [7, 11) is 0. The first-order chi connectivity index (χ1) is 9.36. The van der Waals surface area contributed by atoms with Crippen molar-refractivity contribution in [2.75, 3.05) is 25.0 Å². The molecule has 0 spiro atoms. The highest BCUT2D eigenvalue weighted by molar-refractivity contribution is 5.47.